The van der Waals surface area contributed by atoms with Crippen LogP contribution in [0.4, 0.5) is 29.3 Å². The van der Waals surface area contributed by atoms with Gasteiger partial charge >= 0.3 is 12.2 Å². The molecule has 27 heavy (non-hydrogen) atoms. The number of carbonyl (C=O) groups excluding carboxylic acids is 1. The van der Waals surface area contributed by atoms with Crippen LogP contribution in [0.25, 0.3) is 0 Å². The largest absolute Gasteiger partial charge is 0.416 e. The molecule has 0 saturated carbocycles. The number of hydrogen-bond acceptors (Lipinski definition) is 2. The van der Waals surface area contributed by atoms with Crippen molar-refractivity contribution in [3.63, 3.8) is 0 Å². The fourth-order valence-electron chi connectivity index (χ4n) is 3.28. The zero-order valence-corrected chi connectivity index (χ0v) is 15.3. The summed E-state index contributed by atoms with van der Waals surface area (Å²) >= 11 is 0. The first-order valence-corrected chi connectivity index (χ1v) is 8.79. The normalized spacial score (nSPS) is 15.0. The number of rotatable bonds is 2. The number of piperazine rings is 1. The molecule has 1 aliphatic rings. The van der Waals surface area contributed by atoms with Gasteiger partial charge in [0.2, 0.25) is 0 Å². The van der Waals surface area contributed by atoms with Crippen LogP contribution < -0.4 is 10.2 Å². The van der Waals surface area contributed by atoms with Crippen molar-refractivity contribution in [2.24, 2.45) is 0 Å². The van der Waals surface area contributed by atoms with E-state index >= 15 is 0 Å². The first-order valence-electron chi connectivity index (χ1n) is 8.79. The first-order chi connectivity index (χ1) is 12.7. The maximum absolute atomic E-state index is 12.7. The van der Waals surface area contributed by atoms with E-state index in [0.29, 0.717) is 26.2 Å². The first kappa shape index (κ1) is 19.1. The van der Waals surface area contributed by atoms with Crippen LogP contribution in [0, 0.1) is 13.8 Å². The van der Waals surface area contributed by atoms with E-state index in [1.807, 2.05) is 36.9 Å². The summed E-state index contributed by atoms with van der Waals surface area (Å²) in [6.07, 6.45) is -4.33. The monoisotopic (exact) mass is 377 g/mol. The lowest BCUT2D eigenvalue weighted by Crippen LogP contribution is -2.50. The Bertz CT molecular complexity index is 790. The minimum atomic E-state index is -4.33. The molecular weight excluding hydrogens is 355 g/mol. The fourth-order valence-corrected chi connectivity index (χ4v) is 3.28. The predicted octanol–water partition coefficient (Wildman–Crippen LogP) is 4.68. The van der Waals surface area contributed by atoms with Gasteiger partial charge in [-0.3, -0.25) is 0 Å². The standard InChI is InChI=1S/C20H22F3N3O/c1-14-11-15(2)13-17(12-14)24-19(27)26-9-7-25(8-10-26)18-5-3-16(4-6-18)20(21,22)23/h3-6,11-13H,7-10H2,1-2H3,(H,24,27). The molecule has 1 saturated heterocycles. The summed E-state index contributed by atoms with van der Waals surface area (Å²) in [5.41, 5.74) is 3.01. The van der Waals surface area contributed by atoms with Gasteiger partial charge < -0.3 is 15.1 Å². The molecule has 7 heteroatoms. The average molecular weight is 377 g/mol. The summed E-state index contributed by atoms with van der Waals surface area (Å²) in [6.45, 7) is 6.13. The molecule has 1 N–H and O–H groups in total. The molecule has 1 aliphatic heterocycles. The van der Waals surface area contributed by atoms with Crippen LogP contribution in [0.15, 0.2) is 42.5 Å². The number of nitrogens with zero attached hydrogens (tertiary/aromatic N) is 2. The van der Waals surface area contributed by atoms with E-state index in [9.17, 15) is 18.0 Å². The highest BCUT2D eigenvalue weighted by molar-refractivity contribution is 5.89. The summed E-state index contributed by atoms with van der Waals surface area (Å²) in [7, 11) is 0. The predicted molar refractivity (Wildman–Crippen MR) is 100 cm³/mol. The van der Waals surface area contributed by atoms with Crippen molar-refractivity contribution in [2.75, 3.05) is 36.4 Å². The van der Waals surface area contributed by atoms with Crippen molar-refractivity contribution < 1.29 is 18.0 Å². The molecule has 144 valence electrons. The molecule has 3 rings (SSSR count). The summed E-state index contributed by atoms with van der Waals surface area (Å²) in [6, 6.07) is 10.9. The Morgan fingerprint density at radius 1 is 0.926 bits per heavy atom. The van der Waals surface area contributed by atoms with E-state index in [2.05, 4.69) is 5.32 Å². The van der Waals surface area contributed by atoms with Crippen molar-refractivity contribution in [2.45, 2.75) is 20.0 Å². The Morgan fingerprint density at radius 2 is 1.48 bits per heavy atom. The molecule has 2 amide bonds. The Balaban J connectivity index is 1.57. The van der Waals surface area contributed by atoms with Crippen LogP contribution in [-0.2, 0) is 6.18 Å². The fraction of sp³-hybridized carbons (Fsp3) is 0.350. The molecule has 2 aromatic rings. The minimum Gasteiger partial charge on any atom is -0.368 e. The van der Waals surface area contributed by atoms with Crippen LogP contribution in [0.3, 0.4) is 0 Å². The van der Waals surface area contributed by atoms with Crippen molar-refractivity contribution in [1.29, 1.82) is 0 Å². The van der Waals surface area contributed by atoms with Crippen LogP contribution in [0.1, 0.15) is 16.7 Å². The highest BCUT2D eigenvalue weighted by Gasteiger charge is 2.30. The van der Waals surface area contributed by atoms with Crippen LogP contribution >= 0.6 is 0 Å². The number of carbonyl (C=O) groups is 1. The van der Waals surface area contributed by atoms with Gasteiger partial charge in [0.25, 0.3) is 0 Å². The smallest absolute Gasteiger partial charge is 0.368 e. The van der Waals surface area contributed by atoms with Gasteiger partial charge in [0.05, 0.1) is 5.56 Å². The number of anilines is 2. The highest BCUT2D eigenvalue weighted by Crippen LogP contribution is 2.30. The number of hydrogen-bond donors (Lipinski definition) is 1. The third-order valence-electron chi connectivity index (χ3n) is 4.60. The molecule has 4 nitrogen and oxygen atoms in total. The summed E-state index contributed by atoms with van der Waals surface area (Å²) in [4.78, 5) is 16.2. The molecule has 0 unspecified atom stereocenters. The van der Waals surface area contributed by atoms with Gasteiger partial charge in [0, 0.05) is 37.6 Å². The molecule has 0 aromatic heterocycles. The lowest BCUT2D eigenvalue weighted by atomic mass is 10.1. The third-order valence-corrected chi connectivity index (χ3v) is 4.60. The minimum absolute atomic E-state index is 0.160. The summed E-state index contributed by atoms with van der Waals surface area (Å²) < 4.78 is 38.0. The van der Waals surface area contributed by atoms with Crippen LogP contribution in [0.2, 0.25) is 0 Å². The Kier molecular flexibility index (Phi) is 5.30. The van der Waals surface area contributed by atoms with Gasteiger partial charge in [-0.05, 0) is 61.4 Å². The molecule has 2 aromatic carbocycles. The number of benzene rings is 2. The number of aryl methyl sites for hydroxylation is 2. The van der Waals surface area contributed by atoms with Crippen molar-refractivity contribution >= 4 is 17.4 Å². The van der Waals surface area contributed by atoms with E-state index in [4.69, 9.17) is 0 Å². The van der Waals surface area contributed by atoms with Gasteiger partial charge in [-0.2, -0.15) is 13.2 Å². The van der Waals surface area contributed by atoms with Gasteiger partial charge in [0.15, 0.2) is 0 Å². The number of alkyl halides is 3. The van der Waals surface area contributed by atoms with Gasteiger partial charge in [0.1, 0.15) is 0 Å². The number of amides is 2. The number of urea groups is 1. The third kappa shape index (κ3) is 4.72. The Morgan fingerprint density at radius 3 is 2.00 bits per heavy atom. The van der Waals surface area contributed by atoms with Gasteiger partial charge in [-0.15, -0.1) is 0 Å². The second-order valence-corrected chi connectivity index (χ2v) is 6.83. The molecule has 0 bridgehead atoms. The van der Waals surface area contributed by atoms with E-state index in [-0.39, 0.29) is 6.03 Å². The zero-order valence-electron chi connectivity index (χ0n) is 15.3. The Labute approximate surface area is 156 Å². The maximum Gasteiger partial charge on any atom is 0.416 e. The molecule has 1 fully saturated rings. The number of nitrogens with one attached hydrogen (secondary N) is 1. The second-order valence-electron chi connectivity index (χ2n) is 6.83. The molecule has 0 radical (unpaired) electrons. The van der Waals surface area contributed by atoms with Gasteiger partial charge in [-0.1, -0.05) is 6.07 Å². The molecule has 1 heterocycles. The van der Waals surface area contributed by atoms with Crippen molar-refractivity contribution in [3.05, 3.63) is 59.2 Å². The number of halogens is 3. The second kappa shape index (κ2) is 7.50. The lowest BCUT2D eigenvalue weighted by Gasteiger charge is -2.36. The van der Waals surface area contributed by atoms with E-state index in [0.717, 1.165) is 34.6 Å². The van der Waals surface area contributed by atoms with Crippen molar-refractivity contribution in [1.82, 2.24) is 4.90 Å². The SMILES string of the molecule is Cc1cc(C)cc(NC(=O)N2CCN(c3ccc(C(F)(F)F)cc3)CC2)c1. The topological polar surface area (TPSA) is 35.6 Å². The van der Waals surface area contributed by atoms with Crippen LogP contribution in [-0.4, -0.2) is 37.1 Å². The highest BCUT2D eigenvalue weighted by atomic mass is 19.4. The molecule has 0 aliphatic carbocycles. The lowest BCUT2D eigenvalue weighted by molar-refractivity contribution is -0.137. The van der Waals surface area contributed by atoms with Crippen molar-refractivity contribution in [3.8, 4) is 0 Å². The summed E-state index contributed by atoms with van der Waals surface area (Å²) in [5.74, 6) is 0. The van der Waals surface area contributed by atoms with E-state index < -0.39 is 11.7 Å². The van der Waals surface area contributed by atoms with Crippen LogP contribution in [0.5, 0.6) is 0 Å². The molecule has 0 atom stereocenters. The van der Waals surface area contributed by atoms with E-state index in [1.165, 1.54) is 12.1 Å². The quantitative estimate of drug-likeness (QED) is 0.825. The Hall–Kier alpha value is -2.70. The molecule has 0 spiro atoms. The van der Waals surface area contributed by atoms with Gasteiger partial charge in [-0.25, -0.2) is 4.79 Å². The van der Waals surface area contributed by atoms with E-state index in [1.54, 1.807) is 4.90 Å². The average Bonchev–Trinajstić information content (AvgIpc) is 2.60. The maximum atomic E-state index is 12.7. The molecular formula is C20H22F3N3O. The zero-order chi connectivity index (χ0) is 19.6. The summed E-state index contributed by atoms with van der Waals surface area (Å²) in [5, 5.41) is 2.92.